The van der Waals surface area contributed by atoms with E-state index in [9.17, 15) is 9.59 Å². The average Bonchev–Trinajstić information content (AvgIpc) is 3.18. The van der Waals surface area contributed by atoms with Gasteiger partial charge in [-0.15, -0.1) is 12.4 Å². The number of aromatic nitrogens is 2. The Morgan fingerprint density at radius 1 is 1.25 bits per heavy atom. The number of amides is 2. The summed E-state index contributed by atoms with van der Waals surface area (Å²) in [5.74, 6) is 0.902. The van der Waals surface area contributed by atoms with Crippen LogP contribution >= 0.6 is 24.2 Å². The van der Waals surface area contributed by atoms with Crippen LogP contribution in [-0.2, 0) is 9.59 Å². The maximum absolute atomic E-state index is 12.6. The zero-order valence-corrected chi connectivity index (χ0v) is 18.2. The SMILES string of the molecule is Cc1cc(C)nc(SCC(=O)N2CCCC(CNC(=O)C3CCCN3)C2)n1.Cl. The minimum absolute atomic E-state index is 0. The minimum Gasteiger partial charge on any atom is -0.354 e. The molecule has 0 spiro atoms. The van der Waals surface area contributed by atoms with Gasteiger partial charge >= 0.3 is 0 Å². The summed E-state index contributed by atoms with van der Waals surface area (Å²) < 4.78 is 0. The van der Waals surface area contributed by atoms with E-state index >= 15 is 0 Å². The Hall–Kier alpha value is -1.38. The highest BCUT2D eigenvalue weighted by molar-refractivity contribution is 7.99. The van der Waals surface area contributed by atoms with Crippen LogP contribution < -0.4 is 10.6 Å². The van der Waals surface area contributed by atoms with Gasteiger partial charge in [-0.1, -0.05) is 11.8 Å². The summed E-state index contributed by atoms with van der Waals surface area (Å²) in [6.07, 6.45) is 4.01. The van der Waals surface area contributed by atoms with E-state index < -0.39 is 0 Å². The maximum Gasteiger partial charge on any atom is 0.237 e. The van der Waals surface area contributed by atoms with Gasteiger partial charge in [0, 0.05) is 31.0 Å². The summed E-state index contributed by atoms with van der Waals surface area (Å²) in [6.45, 7) is 6.95. The number of nitrogens with one attached hydrogen (secondary N) is 2. The van der Waals surface area contributed by atoms with E-state index in [0.717, 1.165) is 50.2 Å². The van der Waals surface area contributed by atoms with Crippen molar-refractivity contribution in [1.82, 2.24) is 25.5 Å². The van der Waals surface area contributed by atoms with E-state index in [1.54, 1.807) is 0 Å². The monoisotopic (exact) mass is 427 g/mol. The molecule has 2 aliphatic rings. The Balaban J connectivity index is 0.00000280. The summed E-state index contributed by atoms with van der Waals surface area (Å²) in [4.78, 5) is 35.4. The number of nitrogens with zero attached hydrogens (tertiary/aromatic N) is 3. The van der Waals surface area contributed by atoms with Crippen LogP contribution in [0.15, 0.2) is 11.2 Å². The highest BCUT2D eigenvalue weighted by Crippen LogP contribution is 2.19. The number of aryl methyl sites for hydroxylation is 2. The summed E-state index contributed by atoms with van der Waals surface area (Å²) in [5.41, 5.74) is 1.84. The number of piperidine rings is 1. The number of carbonyl (C=O) groups excluding carboxylic acids is 2. The van der Waals surface area contributed by atoms with Crippen LogP contribution in [0.3, 0.4) is 0 Å². The minimum atomic E-state index is -0.0412. The van der Waals surface area contributed by atoms with E-state index in [-0.39, 0.29) is 30.3 Å². The average molecular weight is 428 g/mol. The molecule has 3 rings (SSSR count). The standard InChI is InChI=1S/C19H29N5O2S.ClH/c1-13-9-14(2)23-19(22-13)27-12-17(25)24-8-4-5-15(11-24)10-21-18(26)16-6-3-7-20-16;/h9,15-16,20H,3-8,10-12H2,1-2H3,(H,21,26);1H. The fourth-order valence-electron chi connectivity index (χ4n) is 3.71. The van der Waals surface area contributed by atoms with Crippen molar-refractivity contribution in [3.8, 4) is 0 Å². The number of thioether (sulfide) groups is 1. The molecule has 1 aromatic heterocycles. The van der Waals surface area contributed by atoms with Gasteiger partial charge in [0.1, 0.15) is 0 Å². The summed E-state index contributed by atoms with van der Waals surface area (Å²) in [7, 11) is 0. The van der Waals surface area contributed by atoms with E-state index in [1.165, 1.54) is 11.8 Å². The van der Waals surface area contributed by atoms with Crippen molar-refractivity contribution in [2.24, 2.45) is 5.92 Å². The number of carbonyl (C=O) groups is 2. The molecule has 1 aromatic rings. The zero-order chi connectivity index (χ0) is 19.2. The maximum atomic E-state index is 12.6. The van der Waals surface area contributed by atoms with Gasteiger partial charge in [-0.3, -0.25) is 9.59 Å². The third-order valence-corrected chi connectivity index (χ3v) is 5.93. The van der Waals surface area contributed by atoms with E-state index in [2.05, 4.69) is 20.6 Å². The highest BCUT2D eigenvalue weighted by Gasteiger charge is 2.26. The molecular weight excluding hydrogens is 398 g/mol. The van der Waals surface area contributed by atoms with E-state index in [1.807, 2.05) is 24.8 Å². The Morgan fingerprint density at radius 3 is 2.68 bits per heavy atom. The molecule has 2 N–H and O–H groups in total. The number of likely N-dealkylation sites (tertiary alicyclic amines) is 1. The van der Waals surface area contributed by atoms with Gasteiger partial charge in [0.25, 0.3) is 0 Å². The Kier molecular flexibility index (Phi) is 8.98. The fourth-order valence-corrected chi connectivity index (χ4v) is 4.56. The molecule has 2 saturated heterocycles. The largest absolute Gasteiger partial charge is 0.354 e. The molecule has 7 nitrogen and oxygen atoms in total. The molecule has 2 fully saturated rings. The van der Waals surface area contributed by atoms with Gasteiger partial charge in [0.2, 0.25) is 11.8 Å². The van der Waals surface area contributed by atoms with Gasteiger partial charge in [-0.2, -0.15) is 0 Å². The number of rotatable bonds is 6. The summed E-state index contributed by atoms with van der Waals surface area (Å²) in [6, 6.07) is 1.89. The van der Waals surface area contributed by atoms with Crippen molar-refractivity contribution >= 4 is 36.0 Å². The molecule has 3 heterocycles. The lowest BCUT2D eigenvalue weighted by Crippen LogP contribution is -2.47. The predicted molar refractivity (Wildman–Crippen MR) is 113 cm³/mol. The van der Waals surface area contributed by atoms with Gasteiger partial charge in [-0.25, -0.2) is 9.97 Å². The molecule has 2 atom stereocenters. The van der Waals surface area contributed by atoms with E-state index in [4.69, 9.17) is 0 Å². The Labute approximate surface area is 177 Å². The lowest BCUT2D eigenvalue weighted by atomic mass is 9.98. The molecule has 0 aromatic carbocycles. The summed E-state index contributed by atoms with van der Waals surface area (Å²) >= 11 is 1.40. The van der Waals surface area contributed by atoms with Crippen LogP contribution in [0.4, 0.5) is 0 Å². The van der Waals surface area contributed by atoms with Gasteiger partial charge in [0.05, 0.1) is 11.8 Å². The lowest BCUT2D eigenvalue weighted by molar-refractivity contribution is -0.130. The third-order valence-electron chi connectivity index (χ3n) is 5.10. The Bertz CT molecular complexity index is 664. The van der Waals surface area contributed by atoms with Crippen LogP contribution in [0, 0.1) is 19.8 Å². The van der Waals surface area contributed by atoms with E-state index in [0.29, 0.717) is 29.9 Å². The number of halogens is 1. The highest BCUT2D eigenvalue weighted by atomic mass is 35.5. The second-order valence-corrected chi connectivity index (χ2v) is 8.41. The molecule has 0 aliphatic carbocycles. The lowest BCUT2D eigenvalue weighted by Gasteiger charge is -2.33. The van der Waals surface area contributed by atoms with Crippen LogP contribution in [0.2, 0.25) is 0 Å². The molecular formula is C19H30ClN5O2S. The van der Waals surface area contributed by atoms with Crippen LogP contribution in [-0.4, -0.2) is 64.7 Å². The molecule has 0 bridgehead atoms. The van der Waals surface area contributed by atoms with Gasteiger partial charge in [-0.05, 0) is 58.1 Å². The molecule has 2 unspecified atom stereocenters. The van der Waals surface area contributed by atoms with Crippen LogP contribution in [0.25, 0.3) is 0 Å². The van der Waals surface area contributed by atoms with Crippen molar-refractivity contribution in [3.63, 3.8) is 0 Å². The second kappa shape index (κ2) is 11.0. The molecule has 2 aliphatic heterocycles. The van der Waals surface area contributed by atoms with Crippen LogP contribution in [0.5, 0.6) is 0 Å². The molecule has 28 heavy (non-hydrogen) atoms. The second-order valence-electron chi connectivity index (χ2n) is 7.46. The molecule has 9 heteroatoms. The molecule has 0 radical (unpaired) electrons. The quantitative estimate of drug-likeness (QED) is 0.531. The fraction of sp³-hybridized carbons (Fsp3) is 0.684. The van der Waals surface area contributed by atoms with Crippen molar-refractivity contribution < 1.29 is 9.59 Å². The smallest absolute Gasteiger partial charge is 0.237 e. The van der Waals surface area contributed by atoms with Crippen molar-refractivity contribution in [1.29, 1.82) is 0 Å². The Morgan fingerprint density at radius 2 is 2.00 bits per heavy atom. The number of hydrogen-bond acceptors (Lipinski definition) is 6. The molecule has 0 saturated carbocycles. The third kappa shape index (κ3) is 6.60. The first-order valence-corrected chi connectivity index (χ1v) is 10.7. The first-order chi connectivity index (χ1) is 13.0. The zero-order valence-electron chi connectivity index (χ0n) is 16.6. The predicted octanol–water partition coefficient (Wildman–Crippen LogP) is 1.71. The van der Waals surface area contributed by atoms with Crippen molar-refractivity contribution in [2.45, 2.75) is 50.7 Å². The van der Waals surface area contributed by atoms with Crippen LogP contribution in [0.1, 0.15) is 37.1 Å². The topological polar surface area (TPSA) is 87.2 Å². The van der Waals surface area contributed by atoms with Gasteiger partial charge < -0.3 is 15.5 Å². The normalized spacial score (nSPS) is 21.9. The molecule has 156 valence electrons. The number of hydrogen-bond donors (Lipinski definition) is 2. The molecule has 2 amide bonds. The van der Waals surface area contributed by atoms with Crippen molar-refractivity contribution in [2.75, 3.05) is 31.9 Å². The first kappa shape index (κ1) is 22.9. The van der Waals surface area contributed by atoms with Gasteiger partial charge in [0.15, 0.2) is 5.16 Å². The first-order valence-electron chi connectivity index (χ1n) is 9.75. The summed E-state index contributed by atoms with van der Waals surface area (Å²) in [5, 5.41) is 6.94. The van der Waals surface area contributed by atoms with Crippen molar-refractivity contribution in [3.05, 3.63) is 17.5 Å².